The zero-order valence-electron chi connectivity index (χ0n) is 8.19. The summed E-state index contributed by atoms with van der Waals surface area (Å²) in [5, 5.41) is -0.0530. The first-order chi connectivity index (χ1) is 6.61. The first-order valence-electron chi connectivity index (χ1n) is 4.37. The van der Waals surface area contributed by atoms with Gasteiger partial charge in [0.25, 0.3) is 0 Å². The molecule has 0 radical (unpaired) electrons. The average molecular weight is 224 g/mol. The second-order valence-electron chi connectivity index (χ2n) is 3.02. The molecule has 1 nitrogen and oxygen atoms in total. The van der Waals surface area contributed by atoms with Crippen molar-refractivity contribution in [2.45, 2.75) is 19.1 Å². The van der Waals surface area contributed by atoms with Crippen molar-refractivity contribution in [1.29, 1.82) is 0 Å². The molecule has 1 atom stereocenters. The van der Waals surface area contributed by atoms with E-state index in [0.29, 0.717) is 0 Å². The Labute approximate surface area is 93.9 Å². The Balaban J connectivity index is 2.64. The van der Waals surface area contributed by atoms with Crippen LogP contribution in [-0.4, -0.2) is 15.2 Å². The van der Waals surface area contributed by atoms with Crippen LogP contribution in [0.4, 0.5) is 0 Å². The molecule has 1 aromatic carbocycles. The van der Waals surface area contributed by atoms with E-state index >= 15 is 0 Å². The van der Waals surface area contributed by atoms with Crippen LogP contribution in [0.5, 0.6) is 0 Å². The van der Waals surface area contributed by atoms with E-state index in [-0.39, 0.29) is 11.0 Å². The van der Waals surface area contributed by atoms with Gasteiger partial charge in [-0.1, -0.05) is 42.5 Å². The second-order valence-corrected chi connectivity index (χ2v) is 5.04. The summed E-state index contributed by atoms with van der Waals surface area (Å²) in [6.07, 6.45) is 0. The number of benzene rings is 1. The molecule has 74 valence electrons. The number of Topliss-reactive ketones (excluding diaryl/α,β-unsaturated/α-hetero) is 1. The highest BCUT2D eigenvalue weighted by Gasteiger charge is 2.11. The number of thiocarbonyl (C=S) groups is 1. The molecular weight excluding hydrogens is 212 g/mol. The topological polar surface area (TPSA) is 17.1 Å². The molecule has 0 aliphatic rings. The third-order valence-electron chi connectivity index (χ3n) is 1.87. The maximum absolute atomic E-state index is 11.0. The van der Waals surface area contributed by atoms with E-state index in [2.05, 4.69) is 0 Å². The molecule has 3 heteroatoms. The molecule has 0 bridgehead atoms. The summed E-state index contributed by atoms with van der Waals surface area (Å²) in [5.41, 5.74) is 1.01. The van der Waals surface area contributed by atoms with Gasteiger partial charge in [-0.2, -0.15) is 0 Å². The normalized spacial score (nSPS) is 12.1. The molecule has 0 heterocycles. The van der Waals surface area contributed by atoms with Crippen LogP contribution in [-0.2, 0) is 4.79 Å². The number of ketones is 1. The largest absolute Gasteiger partial charge is 0.299 e. The molecule has 0 amide bonds. The molecule has 0 aromatic heterocycles. The number of hydrogen-bond donors (Lipinski definition) is 0. The van der Waals surface area contributed by atoms with Gasteiger partial charge in [-0.15, -0.1) is 11.8 Å². The lowest BCUT2D eigenvalue weighted by molar-refractivity contribution is -0.116. The SMILES string of the molecule is CC(=O)C(C)SC(=S)c1ccccc1. The van der Waals surface area contributed by atoms with Crippen molar-refractivity contribution in [2.24, 2.45) is 0 Å². The van der Waals surface area contributed by atoms with E-state index < -0.39 is 0 Å². The van der Waals surface area contributed by atoms with Crippen LogP contribution in [0, 0.1) is 0 Å². The van der Waals surface area contributed by atoms with Crippen molar-refractivity contribution in [3.63, 3.8) is 0 Å². The lowest BCUT2D eigenvalue weighted by Gasteiger charge is -2.07. The fourth-order valence-corrected chi connectivity index (χ4v) is 2.21. The van der Waals surface area contributed by atoms with E-state index in [0.717, 1.165) is 9.76 Å². The third kappa shape index (κ3) is 3.24. The molecule has 14 heavy (non-hydrogen) atoms. The molecule has 1 aromatic rings. The van der Waals surface area contributed by atoms with Gasteiger partial charge in [0.05, 0.1) is 9.45 Å². The van der Waals surface area contributed by atoms with Gasteiger partial charge in [0.15, 0.2) is 0 Å². The van der Waals surface area contributed by atoms with Crippen LogP contribution in [0.1, 0.15) is 19.4 Å². The lowest BCUT2D eigenvalue weighted by atomic mass is 10.2. The Morgan fingerprint density at radius 2 is 1.93 bits per heavy atom. The first-order valence-corrected chi connectivity index (χ1v) is 5.66. The van der Waals surface area contributed by atoms with Crippen molar-refractivity contribution in [3.05, 3.63) is 35.9 Å². The van der Waals surface area contributed by atoms with Crippen LogP contribution < -0.4 is 0 Å². The highest BCUT2D eigenvalue weighted by atomic mass is 32.2. The molecular formula is C11H12OS2. The summed E-state index contributed by atoms with van der Waals surface area (Å²) >= 11 is 6.67. The van der Waals surface area contributed by atoms with Crippen LogP contribution in [0.2, 0.25) is 0 Å². The van der Waals surface area contributed by atoms with Crippen molar-refractivity contribution in [2.75, 3.05) is 0 Å². The Morgan fingerprint density at radius 3 is 2.43 bits per heavy atom. The highest BCUT2D eigenvalue weighted by molar-refractivity contribution is 8.24. The van der Waals surface area contributed by atoms with Gasteiger partial charge >= 0.3 is 0 Å². The summed E-state index contributed by atoms with van der Waals surface area (Å²) < 4.78 is 0.785. The molecule has 1 unspecified atom stereocenters. The first kappa shape index (κ1) is 11.4. The Morgan fingerprint density at radius 1 is 1.36 bits per heavy atom. The zero-order valence-corrected chi connectivity index (χ0v) is 9.82. The number of thioether (sulfide) groups is 1. The Hall–Kier alpha value is -0.670. The number of rotatable bonds is 3. The van der Waals surface area contributed by atoms with E-state index in [1.165, 1.54) is 11.8 Å². The Kier molecular flexibility index (Phi) is 4.29. The highest BCUT2D eigenvalue weighted by Crippen LogP contribution is 2.19. The molecule has 0 fully saturated rings. The Bertz CT molecular complexity index is 332. The predicted molar refractivity (Wildman–Crippen MR) is 65.9 cm³/mol. The van der Waals surface area contributed by atoms with Crippen molar-refractivity contribution >= 4 is 34.0 Å². The van der Waals surface area contributed by atoms with Crippen LogP contribution in [0.3, 0.4) is 0 Å². The minimum absolute atomic E-state index is 0.0530. The van der Waals surface area contributed by atoms with Crippen LogP contribution >= 0.6 is 24.0 Å². The molecule has 0 aliphatic carbocycles. The zero-order chi connectivity index (χ0) is 10.6. The van der Waals surface area contributed by atoms with Gasteiger partial charge in [-0.05, 0) is 19.4 Å². The number of carbonyl (C=O) groups excluding carboxylic acids is 1. The van der Waals surface area contributed by atoms with Gasteiger partial charge in [0.1, 0.15) is 5.78 Å². The second kappa shape index (κ2) is 5.27. The molecule has 0 N–H and O–H groups in total. The standard InChI is InChI=1S/C11H12OS2/c1-8(12)9(2)14-11(13)10-6-4-3-5-7-10/h3-7,9H,1-2H3. The van der Waals surface area contributed by atoms with E-state index in [4.69, 9.17) is 12.2 Å². The summed E-state index contributed by atoms with van der Waals surface area (Å²) in [6, 6.07) is 9.76. The molecule has 1 rings (SSSR count). The molecule has 0 spiro atoms. The van der Waals surface area contributed by atoms with Crippen molar-refractivity contribution in [3.8, 4) is 0 Å². The van der Waals surface area contributed by atoms with Crippen LogP contribution in [0.15, 0.2) is 30.3 Å². The maximum Gasteiger partial charge on any atom is 0.142 e. The quantitative estimate of drug-likeness (QED) is 0.734. The van der Waals surface area contributed by atoms with E-state index in [1.54, 1.807) is 6.92 Å². The van der Waals surface area contributed by atoms with Gasteiger partial charge in [0, 0.05) is 0 Å². The van der Waals surface area contributed by atoms with Crippen LogP contribution in [0.25, 0.3) is 0 Å². The maximum atomic E-state index is 11.0. The fourth-order valence-electron chi connectivity index (χ4n) is 0.886. The average Bonchev–Trinajstić information content (AvgIpc) is 2.19. The summed E-state index contributed by atoms with van der Waals surface area (Å²) in [7, 11) is 0. The summed E-state index contributed by atoms with van der Waals surface area (Å²) in [5.74, 6) is 0.160. The molecule has 0 aliphatic heterocycles. The third-order valence-corrected chi connectivity index (χ3v) is 3.53. The summed E-state index contributed by atoms with van der Waals surface area (Å²) in [4.78, 5) is 11.0. The van der Waals surface area contributed by atoms with E-state index in [1.807, 2.05) is 37.3 Å². The smallest absolute Gasteiger partial charge is 0.142 e. The fraction of sp³-hybridized carbons (Fsp3) is 0.273. The van der Waals surface area contributed by atoms with Gasteiger partial charge in [-0.3, -0.25) is 4.79 Å². The predicted octanol–water partition coefficient (Wildman–Crippen LogP) is 3.07. The number of hydrogen-bond acceptors (Lipinski definition) is 3. The number of carbonyl (C=O) groups is 1. The van der Waals surface area contributed by atoms with Gasteiger partial charge in [-0.25, -0.2) is 0 Å². The molecule has 0 saturated carbocycles. The summed E-state index contributed by atoms with van der Waals surface area (Å²) in [6.45, 7) is 3.47. The van der Waals surface area contributed by atoms with Crippen molar-refractivity contribution < 1.29 is 4.79 Å². The van der Waals surface area contributed by atoms with Gasteiger partial charge < -0.3 is 0 Å². The minimum atomic E-state index is -0.0530. The molecule has 0 saturated heterocycles. The van der Waals surface area contributed by atoms with E-state index in [9.17, 15) is 4.79 Å². The minimum Gasteiger partial charge on any atom is -0.299 e. The monoisotopic (exact) mass is 224 g/mol. The van der Waals surface area contributed by atoms with Crippen molar-refractivity contribution in [1.82, 2.24) is 0 Å². The van der Waals surface area contributed by atoms with Gasteiger partial charge in [0.2, 0.25) is 0 Å². The lowest BCUT2D eigenvalue weighted by Crippen LogP contribution is -2.11.